The van der Waals surface area contributed by atoms with Crippen molar-refractivity contribution in [1.29, 1.82) is 0 Å². The SMILES string of the molecule is Cc1cc(C)n(-c2ccc(CNC(=O)C3CCCN(Cc4cccc(F)c4)C3)cn2)n1. The van der Waals surface area contributed by atoms with Crippen LogP contribution in [0.15, 0.2) is 48.7 Å². The molecule has 1 atom stereocenters. The molecule has 1 unspecified atom stereocenters. The van der Waals surface area contributed by atoms with E-state index in [9.17, 15) is 9.18 Å². The number of nitrogens with zero attached hydrogens (tertiary/aromatic N) is 4. The fraction of sp³-hybridized carbons (Fsp3) is 0.375. The Labute approximate surface area is 182 Å². The molecule has 7 heteroatoms. The molecule has 1 aromatic carbocycles. The number of carbonyl (C=O) groups is 1. The maximum atomic E-state index is 13.4. The summed E-state index contributed by atoms with van der Waals surface area (Å²) in [5, 5.41) is 7.50. The Morgan fingerprint density at radius 3 is 2.77 bits per heavy atom. The molecule has 162 valence electrons. The molecule has 1 amide bonds. The van der Waals surface area contributed by atoms with Crippen LogP contribution in [0.25, 0.3) is 5.82 Å². The third-order valence-corrected chi connectivity index (χ3v) is 5.67. The normalized spacial score (nSPS) is 16.9. The highest BCUT2D eigenvalue weighted by Crippen LogP contribution is 2.19. The number of hydrogen-bond acceptors (Lipinski definition) is 4. The van der Waals surface area contributed by atoms with Gasteiger partial charge in [0.25, 0.3) is 0 Å². The number of nitrogens with one attached hydrogen (secondary N) is 1. The zero-order valence-electron chi connectivity index (χ0n) is 18.0. The Hall–Kier alpha value is -3.06. The summed E-state index contributed by atoms with van der Waals surface area (Å²) in [6.45, 7) is 6.69. The van der Waals surface area contributed by atoms with E-state index in [-0.39, 0.29) is 17.6 Å². The van der Waals surface area contributed by atoms with Crippen LogP contribution in [0, 0.1) is 25.6 Å². The number of carbonyl (C=O) groups excluding carboxylic acids is 1. The molecule has 0 saturated carbocycles. The first kappa shape index (κ1) is 21.2. The lowest BCUT2D eigenvalue weighted by molar-refractivity contribution is -0.126. The predicted molar refractivity (Wildman–Crippen MR) is 117 cm³/mol. The van der Waals surface area contributed by atoms with E-state index in [4.69, 9.17) is 0 Å². The van der Waals surface area contributed by atoms with E-state index < -0.39 is 0 Å². The number of benzene rings is 1. The fourth-order valence-electron chi connectivity index (χ4n) is 4.15. The molecule has 0 aliphatic carbocycles. The molecular weight excluding hydrogens is 393 g/mol. The minimum Gasteiger partial charge on any atom is -0.352 e. The highest BCUT2D eigenvalue weighted by atomic mass is 19.1. The van der Waals surface area contributed by atoms with Gasteiger partial charge >= 0.3 is 0 Å². The second-order valence-electron chi connectivity index (χ2n) is 8.29. The van der Waals surface area contributed by atoms with Crippen molar-refractivity contribution in [2.75, 3.05) is 13.1 Å². The molecule has 0 spiro atoms. The van der Waals surface area contributed by atoms with Gasteiger partial charge in [0.15, 0.2) is 5.82 Å². The summed E-state index contributed by atoms with van der Waals surface area (Å²) in [5.41, 5.74) is 3.88. The Kier molecular flexibility index (Phi) is 6.42. The number of halogens is 1. The van der Waals surface area contributed by atoms with E-state index in [0.717, 1.165) is 47.7 Å². The third-order valence-electron chi connectivity index (χ3n) is 5.67. The van der Waals surface area contributed by atoms with Crippen molar-refractivity contribution in [2.24, 2.45) is 5.92 Å². The van der Waals surface area contributed by atoms with Crippen LogP contribution < -0.4 is 5.32 Å². The zero-order valence-corrected chi connectivity index (χ0v) is 18.0. The van der Waals surface area contributed by atoms with E-state index >= 15 is 0 Å². The summed E-state index contributed by atoms with van der Waals surface area (Å²) < 4.78 is 15.2. The van der Waals surface area contributed by atoms with Gasteiger partial charge in [-0.3, -0.25) is 9.69 Å². The van der Waals surface area contributed by atoms with Gasteiger partial charge in [-0.25, -0.2) is 14.1 Å². The molecule has 2 aromatic heterocycles. The van der Waals surface area contributed by atoms with Crippen LogP contribution in [0.2, 0.25) is 0 Å². The second-order valence-corrected chi connectivity index (χ2v) is 8.29. The molecular formula is C24H28FN5O. The average Bonchev–Trinajstić information content (AvgIpc) is 3.10. The summed E-state index contributed by atoms with van der Waals surface area (Å²) in [5.74, 6) is 0.554. The Morgan fingerprint density at radius 2 is 2.06 bits per heavy atom. The number of likely N-dealkylation sites (tertiary alicyclic amines) is 1. The third kappa shape index (κ3) is 5.35. The van der Waals surface area contributed by atoms with Crippen LogP contribution in [0.1, 0.15) is 35.4 Å². The molecule has 3 aromatic rings. The van der Waals surface area contributed by atoms with E-state index in [1.165, 1.54) is 6.07 Å². The first-order chi connectivity index (χ1) is 15.0. The Balaban J connectivity index is 1.30. The monoisotopic (exact) mass is 421 g/mol. The van der Waals surface area contributed by atoms with E-state index in [1.54, 1.807) is 18.3 Å². The number of aromatic nitrogens is 3. The maximum Gasteiger partial charge on any atom is 0.224 e. The number of amides is 1. The van der Waals surface area contributed by atoms with Crippen molar-refractivity contribution in [3.05, 3.63) is 77.0 Å². The number of piperidine rings is 1. The van der Waals surface area contributed by atoms with Crippen LogP contribution in [-0.4, -0.2) is 38.7 Å². The van der Waals surface area contributed by atoms with Gasteiger partial charge in [-0.05, 0) is 68.6 Å². The zero-order chi connectivity index (χ0) is 21.8. The minimum atomic E-state index is -0.221. The number of rotatable bonds is 6. The first-order valence-corrected chi connectivity index (χ1v) is 10.7. The van der Waals surface area contributed by atoms with Crippen LogP contribution >= 0.6 is 0 Å². The summed E-state index contributed by atoms with van der Waals surface area (Å²) in [4.78, 5) is 19.4. The topological polar surface area (TPSA) is 63.1 Å². The molecule has 1 saturated heterocycles. The number of hydrogen-bond donors (Lipinski definition) is 1. The van der Waals surface area contributed by atoms with Gasteiger partial charge in [0.1, 0.15) is 5.82 Å². The summed E-state index contributed by atoms with van der Waals surface area (Å²) in [6, 6.07) is 12.6. The minimum absolute atomic E-state index is 0.0516. The molecule has 1 aliphatic rings. The number of aryl methyl sites for hydroxylation is 2. The molecule has 1 N–H and O–H groups in total. The van der Waals surface area contributed by atoms with Gasteiger partial charge in [-0.1, -0.05) is 18.2 Å². The quantitative estimate of drug-likeness (QED) is 0.661. The van der Waals surface area contributed by atoms with Crippen molar-refractivity contribution in [3.63, 3.8) is 0 Å². The molecule has 3 heterocycles. The fourth-order valence-corrected chi connectivity index (χ4v) is 4.15. The lowest BCUT2D eigenvalue weighted by atomic mass is 9.96. The van der Waals surface area contributed by atoms with Crippen molar-refractivity contribution in [2.45, 2.75) is 39.8 Å². The van der Waals surface area contributed by atoms with Crippen molar-refractivity contribution < 1.29 is 9.18 Å². The van der Waals surface area contributed by atoms with Gasteiger partial charge < -0.3 is 5.32 Å². The van der Waals surface area contributed by atoms with Gasteiger partial charge in [0, 0.05) is 31.5 Å². The molecule has 6 nitrogen and oxygen atoms in total. The van der Waals surface area contributed by atoms with Gasteiger partial charge in [0.05, 0.1) is 11.6 Å². The molecule has 1 aliphatic heterocycles. The lowest BCUT2D eigenvalue weighted by Gasteiger charge is -2.32. The van der Waals surface area contributed by atoms with Crippen molar-refractivity contribution >= 4 is 5.91 Å². The van der Waals surface area contributed by atoms with Crippen LogP contribution in [-0.2, 0) is 17.9 Å². The summed E-state index contributed by atoms with van der Waals surface area (Å²) in [7, 11) is 0. The maximum absolute atomic E-state index is 13.4. The van der Waals surface area contributed by atoms with E-state index in [0.29, 0.717) is 19.6 Å². The summed E-state index contributed by atoms with van der Waals surface area (Å²) in [6.07, 6.45) is 3.62. The predicted octanol–water partition coefficient (Wildman–Crippen LogP) is 3.55. The molecule has 31 heavy (non-hydrogen) atoms. The van der Waals surface area contributed by atoms with E-state index in [2.05, 4.69) is 20.3 Å². The highest BCUT2D eigenvalue weighted by molar-refractivity contribution is 5.78. The van der Waals surface area contributed by atoms with Crippen LogP contribution in [0.4, 0.5) is 4.39 Å². The molecule has 1 fully saturated rings. The van der Waals surface area contributed by atoms with Crippen LogP contribution in [0.3, 0.4) is 0 Å². The first-order valence-electron chi connectivity index (χ1n) is 10.7. The van der Waals surface area contributed by atoms with Gasteiger partial charge in [0.2, 0.25) is 5.91 Å². The summed E-state index contributed by atoms with van der Waals surface area (Å²) >= 11 is 0. The largest absolute Gasteiger partial charge is 0.352 e. The Morgan fingerprint density at radius 1 is 1.19 bits per heavy atom. The van der Waals surface area contributed by atoms with Gasteiger partial charge in [-0.15, -0.1) is 0 Å². The Bertz CT molecular complexity index is 1050. The van der Waals surface area contributed by atoms with Crippen molar-refractivity contribution in [1.82, 2.24) is 25.0 Å². The number of pyridine rings is 1. The molecule has 0 bridgehead atoms. The highest BCUT2D eigenvalue weighted by Gasteiger charge is 2.25. The molecule has 4 rings (SSSR count). The van der Waals surface area contributed by atoms with Crippen LogP contribution in [0.5, 0.6) is 0 Å². The second kappa shape index (κ2) is 9.39. The van der Waals surface area contributed by atoms with Gasteiger partial charge in [-0.2, -0.15) is 5.10 Å². The smallest absolute Gasteiger partial charge is 0.224 e. The van der Waals surface area contributed by atoms with Crippen molar-refractivity contribution in [3.8, 4) is 5.82 Å². The van der Waals surface area contributed by atoms with E-state index in [1.807, 2.05) is 42.8 Å². The lowest BCUT2D eigenvalue weighted by Crippen LogP contribution is -2.42. The molecule has 0 radical (unpaired) electrons. The standard InChI is InChI=1S/C24H28FN5O/c1-17-11-18(2)30(28-17)23-9-8-20(13-26-23)14-27-24(31)21-6-4-10-29(16-21)15-19-5-3-7-22(25)12-19/h3,5,7-9,11-13,21H,4,6,10,14-16H2,1-2H3,(H,27,31). The average molecular weight is 422 g/mol.